The Morgan fingerprint density at radius 1 is 1.08 bits per heavy atom. The summed E-state index contributed by atoms with van der Waals surface area (Å²) >= 11 is 1.64. The van der Waals surface area contributed by atoms with Crippen LogP contribution >= 0.6 is 11.8 Å². The lowest BCUT2D eigenvalue weighted by molar-refractivity contribution is 0.386. The van der Waals surface area contributed by atoms with E-state index < -0.39 is 5.82 Å². The molecule has 0 aromatic heterocycles. The normalized spacial score (nSPS) is 11.3. The number of methoxy groups -OCH3 is 1. The van der Waals surface area contributed by atoms with Crippen molar-refractivity contribution in [2.75, 3.05) is 20.4 Å². The summed E-state index contributed by atoms with van der Waals surface area (Å²) in [5.74, 6) is 0.908. The summed E-state index contributed by atoms with van der Waals surface area (Å²) < 4.78 is 32.1. The van der Waals surface area contributed by atoms with Crippen molar-refractivity contribution < 1.29 is 13.5 Å². The lowest BCUT2D eigenvalue weighted by atomic mass is 10.1. The Balaban J connectivity index is 1.95. The van der Waals surface area contributed by atoms with E-state index in [0.717, 1.165) is 22.4 Å². The molecule has 0 radical (unpaired) electrons. The molecule has 0 saturated carbocycles. The summed E-state index contributed by atoms with van der Waals surface area (Å²) in [6.07, 6.45) is 1.98. The number of guanidine groups is 1. The van der Waals surface area contributed by atoms with Crippen LogP contribution in [-0.2, 0) is 18.8 Å². The Hall–Kier alpha value is -2.28. The van der Waals surface area contributed by atoms with Crippen LogP contribution in [0.25, 0.3) is 0 Å². The number of nitrogens with one attached hydrogen (secondary N) is 2. The Morgan fingerprint density at radius 2 is 1.85 bits per heavy atom. The summed E-state index contributed by atoms with van der Waals surface area (Å²) in [5, 5.41) is 6.34. The highest BCUT2D eigenvalue weighted by Gasteiger charge is 2.07. The number of benzene rings is 2. The Morgan fingerprint density at radius 3 is 2.50 bits per heavy atom. The summed E-state index contributed by atoms with van der Waals surface area (Å²) in [5.41, 5.74) is 2.74. The van der Waals surface area contributed by atoms with Gasteiger partial charge in [-0.25, -0.2) is 8.78 Å². The standard InChI is InChI=1S/C19H23F2N3OS/c1-22-19(23-10-13-4-7-18(25-2)17(21)8-13)24-11-14-5-6-16(20)9-15(14)12-26-3/h4-9H,10-12H2,1-3H3,(H2,22,23,24). The van der Waals surface area contributed by atoms with Gasteiger partial charge in [-0.3, -0.25) is 4.99 Å². The summed E-state index contributed by atoms with van der Waals surface area (Å²) in [6.45, 7) is 0.939. The van der Waals surface area contributed by atoms with Crippen LogP contribution < -0.4 is 15.4 Å². The van der Waals surface area contributed by atoms with Crippen molar-refractivity contribution in [3.8, 4) is 5.75 Å². The quantitative estimate of drug-likeness (QED) is 0.569. The fraction of sp³-hybridized carbons (Fsp3) is 0.316. The highest BCUT2D eigenvalue weighted by atomic mass is 32.2. The Kier molecular flexibility index (Phi) is 7.72. The molecule has 0 heterocycles. The maximum atomic E-state index is 13.7. The number of aliphatic imine (C=N–C) groups is 1. The van der Waals surface area contributed by atoms with E-state index in [4.69, 9.17) is 4.74 Å². The van der Waals surface area contributed by atoms with Crippen molar-refractivity contribution in [2.45, 2.75) is 18.8 Å². The minimum absolute atomic E-state index is 0.217. The van der Waals surface area contributed by atoms with Crippen LogP contribution in [0.2, 0.25) is 0 Å². The average molecular weight is 379 g/mol. The fourth-order valence-electron chi connectivity index (χ4n) is 2.46. The monoisotopic (exact) mass is 379 g/mol. The molecular formula is C19H23F2N3OS. The third-order valence-electron chi connectivity index (χ3n) is 3.81. The van der Waals surface area contributed by atoms with Gasteiger partial charge >= 0.3 is 0 Å². The lowest BCUT2D eigenvalue weighted by Crippen LogP contribution is -2.36. The predicted molar refractivity (Wildman–Crippen MR) is 104 cm³/mol. The highest BCUT2D eigenvalue weighted by molar-refractivity contribution is 7.97. The van der Waals surface area contributed by atoms with Crippen LogP contribution in [-0.4, -0.2) is 26.4 Å². The van der Waals surface area contributed by atoms with Gasteiger partial charge in [-0.2, -0.15) is 11.8 Å². The van der Waals surface area contributed by atoms with Crippen molar-refractivity contribution in [1.29, 1.82) is 0 Å². The predicted octanol–water partition coefficient (Wildman–Crippen LogP) is 3.70. The first-order chi connectivity index (χ1) is 12.6. The van der Waals surface area contributed by atoms with Gasteiger partial charge in [0, 0.05) is 25.9 Å². The van der Waals surface area contributed by atoms with Gasteiger partial charge in [-0.05, 0) is 47.2 Å². The van der Waals surface area contributed by atoms with Gasteiger partial charge < -0.3 is 15.4 Å². The van der Waals surface area contributed by atoms with Crippen LogP contribution in [0, 0.1) is 11.6 Å². The number of nitrogens with zero attached hydrogens (tertiary/aromatic N) is 1. The molecule has 2 aromatic carbocycles. The molecule has 0 spiro atoms. The van der Waals surface area contributed by atoms with E-state index in [1.54, 1.807) is 43.1 Å². The largest absolute Gasteiger partial charge is 0.494 e. The van der Waals surface area contributed by atoms with Gasteiger partial charge in [-0.15, -0.1) is 0 Å². The summed E-state index contributed by atoms with van der Waals surface area (Å²) in [7, 11) is 3.10. The minimum Gasteiger partial charge on any atom is -0.494 e. The zero-order valence-corrected chi connectivity index (χ0v) is 15.9. The molecule has 4 nitrogen and oxygen atoms in total. The fourth-order valence-corrected chi connectivity index (χ4v) is 3.04. The number of halogens is 2. The average Bonchev–Trinajstić information content (AvgIpc) is 2.63. The first kappa shape index (κ1) is 20.0. The molecule has 2 rings (SSSR count). The molecule has 0 aliphatic heterocycles. The second kappa shape index (κ2) is 10.0. The molecule has 0 bridgehead atoms. The second-order valence-electron chi connectivity index (χ2n) is 5.59. The maximum absolute atomic E-state index is 13.7. The van der Waals surface area contributed by atoms with Crippen molar-refractivity contribution in [2.24, 2.45) is 4.99 Å². The smallest absolute Gasteiger partial charge is 0.191 e. The number of hydrogen-bond acceptors (Lipinski definition) is 3. The first-order valence-corrected chi connectivity index (χ1v) is 9.50. The minimum atomic E-state index is -0.400. The van der Waals surface area contributed by atoms with E-state index in [2.05, 4.69) is 15.6 Å². The zero-order valence-electron chi connectivity index (χ0n) is 15.1. The molecule has 0 saturated heterocycles. The van der Waals surface area contributed by atoms with Gasteiger partial charge in [0.2, 0.25) is 0 Å². The van der Waals surface area contributed by atoms with E-state index in [-0.39, 0.29) is 11.6 Å². The van der Waals surface area contributed by atoms with E-state index in [1.807, 2.05) is 6.26 Å². The summed E-state index contributed by atoms with van der Waals surface area (Å²) in [4.78, 5) is 4.16. The van der Waals surface area contributed by atoms with Gasteiger partial charge in [0.25, 0.3) is 0 Å². The van der Waals surface area contributed by atoms with E-state index in [9.17, 15) is 8.78 Å². The van der Waals surface area contributed by atoms with Crippen molar-refractivity contribution in [3.63, 3.8) is 0 Å². The molecule has 7 heteroatoms. The molecule has 0 atom stereocenters. The van der Waals surface area contributed by atoms with Crippen LogP contribution in [0.1, 0.15) is 16.7 Å². The second-order valence-corrected chi connectivity index (χ2v) is 6.46. The van der Waals surface area contributed by atoms with Crippen LogP contribution in [0.3, 0.4) is 0 Å². The summed E-state index contributed by atoms with van der Waals surface area (Å²) in [6, 6.07) is 9.60. The van der Waals surface area contributed by atoms with Crippen LogP contribution in [0.5, 0.6) is 5.75 Å². The topological polar surface area (TPSA) is 45.7 Å². The van der Waals surface area contributed by atoms with Gasteiger partial charge in [-0.1, -0.05) is 12.1 Å². The SMILES string of the molecule is CN=C(NCc1ccc(OC)c(F)c1)NCc1ccc(F)cc1CSC. The van der Waals surface area contributed by atoms with Crippen molar-refractivity contribution >= 4 is 17.7 Å². The number of thioether (sulfide) groups is 1. The zero-order chi connectivity index (χ0) is 18.9. The molecule has 0 amide bonds. The van der Waals surface area contributed by atoms with Gasteiger partial charge in [0.1, 0.15) is 5.82 Å². The van der Waals surface area contributed by atoms with Crippen LogP contribution in [0.4, 0.5) is 8.78 Å². The van der Waals surface area contributed by atoms with Crippen molar-refractivity contribution in [3.05, 3.63) is 64.7 Å². The number of ether oxygens (including phenoxy) is 1. The third-order valence-corrected chi connectivity index (χ3v) is 4.41. The first-order valence-electron chi connectivity index (χ1n) is 8.10. The molecule has 26 heavy (non-hydrogen) atoms. The molecule has 0 aliphatic carbocycles. The number of hydrogen-bond donors (Lipinski definition) is 2. The van der Waals surface area contributed by atoms with E-state index >= 15 is 0 Å². The Bertz CT molecular complexity index is 768. The highest BCUT2D eigenvalue weighted by Crippen LogP contribution is 2.18. The van der Waals surface area contributed by atoms with Gasteiger partial charge in [0.15, 0.2) is 17.5 Å². The lowest BCUT2D eigenvalue weighted by Gasteiger charge is -2.14. The van der Waals surface area contributed by atoms with Gasteiger partial charge in [0.05, 0.1) is 7.11 Å². The van der Waals surface area contributed by atoms with E-state index in [1.165, 1.54) is 19.2 Å². The Labute approximate surface area is 157 Å². The number of rotatable bonds is 7. The molecule has 0 fully saturated rings. The van der Waals surface area contributed by atoms with Crippen LogP contribution in [0.15, 0.2) is 41.4 Å². The molecule has 0 unspecified atom stereocenters. The molecule has 140 valence electrons. The molecule has 0 aliphatic rings. The van der Waals surface area contributed by atoms with Crippen molar-refractivity contribution in [1.82, 2.24) is 10.6 Å². The molecule has 2 aromatic rings. The van der Waals surface area contributed by atoms with E-state index in [0.29, 0.717) is 19.0 Å². The molecular weight excluding hydrogens is 356 g/mol. The third kappa shape index (κ3) is 5.62. The maximum Gasteiger partial charge on any atom is 0.191 e. The molecule has 2 N–H and O–H groups in total.